The number of benzene rings is 1. The molecule has 1 N–H and O–H groups in total. The molecule has 1 amide bonds. The minimum absolute atomic E-state index is 0.0242. The zero-order valence-electron chi connectivity index (χ0n) is 19.3. The molecule has 1 aromatic rings. The summed E-state index contributed by atoms with van der Waals surface area (Å²) in [5.41, 5.74) is -0.235. The van der Waals surface area contributed by atoms with Crippen molar-refractivity contribution in [3.05, 3.63) is 34.9 Å². The third-order valence-electron chi connectivity index (χ3n) is 6.88. The van der Waals surface area contributed by atoms with E-state index >= 15 is 0 Å². The molecule has 7 heteroatoms. The molecule has 1 aliphatic heterocycles. The van der Waals surface area contributed by atoms with Crippen LogP contribution in [-0.2, 0) is 16.1 Å². The second-order valence-electron chi connectivity index (χ2n) is 10.7. The summed E-state index contributed by atoms with van der Waals surface area (Å²) in [4.78, 5) is 14.0. The molecular weight excluding hydrogens is 416 g/mol. The van der Waals surface area contributed by atoms with Crippen LogP contribution in [0.25, 0.3) is 0 Å². The van der Waals surface area contributed by atoms with Gasteiger partial charge in [0, 0.05) is 13.1 Å². The second-order valence-corrected chi connectivity index (χ2v) is 10.7. The van der Waals surface area contributed by atoms with Gasteiger partial charge in [-0.3, -0.25) is 0 Å². The number of aliphatic hydroxyl groups excluding tert-OH is 1. The van der Waals surface area contributed by atoms with Crippen molar-refractivity contribution in [1.82, 2.24) is 4.90 Å². The predicted molar refractivity (Wildman–Crippen MR) is 116 cm³/mol. The highest BCUT2D eigenvalue weighted by Gasteiger charge is 2.44. The van der Waals surface area contributed by atoms with Crippen LogP contribution in [0, 0.1) is 35.3 Å². The number of amides is 1. The normalized spacial score (nSPS) is 25.0. The van der Waals surface area contributed by atoms with Crippen molar-refractivity contribution in [2.45, 2.75) is 71.2 Å². The van der Waals surface area contributed by atoms with Gasteiger partial charge in [-0.1, -0.05) is 0 Å². The Morgan fingerprint density at radius 3 is 2.34 bits per heavy atom. The molecule has 1 saturated heterocycles. The van der Waals surface area contributed by atoms with E-state index in [0.717, 1.165) is 45.2 Å². The standard InChI is InChI=1S/C25H35F2NO4/c1-25(2,3)32-24(30)28-8-6-16(7-9-28)19-12-18(19)14-31-13-15-10-20(26)22(21(27)11-15)23(29)17-4-5-17/h10-11,16-19,23,29H,4-9,12-14H2,1-3H3. The summed E-state index contributed by atoms with van der Waals surface area (Å²) in [5.74, 6) is 0.247. The quantitative estimate of drug-likeness (QED) is 0.618. The first-order valence-electron chi connectivity index (χ1n) is 11.8. The summed E-state index contributed by atoms with van der Waals surface area (Å²) in [6.07, 6.45) is 3.39. The first-order valence-corrected chi connectivity index (χ1v) is 11.8. The van der Waals surface area contributed by atoms with E-state index in [-0.39, 0.29) is 24.2 Å². The van der Waals surface area contributed by atoms with Crippen LogP contribution in [0.1, 0.15) is 70.1 Å². The topological polar surface area (TPSA) is 59.0 Å². The Morgan fingerprint density at radius 1 is 1.16 bits per heavy atom. The van der Waals surface area contributed by atoms with Crippen LogP contribution in [0.15, 0.2) is 12.1 Å². The Morgan fingerprint density at radius 2 is 1.78 bits per heavy atom. The maximum atomic E-state index is 14.3. The Labute approximate surface area is 189 Å². The number of halogens is 2. The predicted octanol–water partition coefficient (Wildman–Crippen LogP) is 5.21. The van der Waals surface area contributed by atoms with Gasteiger partial charge < -0.3 is 19.5 Å². The van der Waals surface area contributed by atoms with Gasteiger partial charge in [-0.25, -0.2) is 13.6 Å². The van der Waals surface area contributed by atoms with Gasteiger partial charge in [0.2, 0.25) is 0 Å². The second kappa shape index (κ2) is 9.26. The minimum atomic E-state index is -1.06. The molecule has 3 fully saturated rings. The molecule has 0 aromatic heterocycles. The van der Waals surface area contributed by atoms with E-state index in [2.05, 4.69) is 0 Å². The highest BCUT2D eigenvalue weighted by atomic mass is 19.1. The van der Waals surface area contributed by atoms with Crippen molar-refractivity contribution in [2.24, 2.45) is 23.7 Å². The molecule has 0 spiro atoms. The summed E-state index contributed by atoms with van der Waals surface area (Å²) in [5, 5.41) is 10.1. The van der Waals surface area contributed by atoms with E-state index in [4.69, 9.17) is 9.47 Å². The summed E-state index contributed by atoms with van der Waals surface area (Å²) >= 11 is 0. The number of ether oxygens (including phenoxy) is 2. The lowest BCUT2D eigenvalue weighted by atomic mass is 9.91. The average Bonchev–Trinajstić information content (AvgIpc) is 3.60. The van der Waals surface area contributed by atoms with E-state index in [1.165, 1.54) is 12.1 Å². The highest BCUT2D eigenvalue weighted by molar-refractivity contribution is 5.68. The van der Waals surface area contributed by atoms with Crippen LogP contribution in [0.5, 0.6) is 0 Å². The van der Waals surface area contributed by atoms with E-state index < -0.39 is 23.3 Å². The largest absolute Gasteiger partial charge is 0.444 e. The fourth-order valence-corrected chi connectivity index (χ4v) is 4.86. The smallest absolute Gasteiger partial charge is 0.410 e. The van der Waals surface area contributed by atoms with Gasteiger partial charge in [-0.2, -0.15) is 0 Å². The number of likely N-dealkylation sites (tertiary alicyclic amines) is 1. The number of aliphatic hydroxyl groups is 1. The van der Waals surface area contributed by atoms with Crippen molar-refractivity contribution in [1.29, 1.82) is 0 Å². The minimum Gasteiger partial charge on any atom is -0.444 e. The Balaban J connectivity index is 1.18. The maximum Gasteiger partial charge on any atom is 0.410 e. The first kappa shape index (κ1) is 23.4. The molecular formula is C25H35F2NO4. The van der Waals surface area contributed by atoms with Crippen molar-refractivity contribution < 1.29 is 28.2 Å². The van der Waals surface area contributed by atoms with Crippen molar-refractivity contribution in [3.63, 3.8) is 0 Å². The maximum absolute atomic E-state index is 14.3. The summed E-state index contributed by atoms with van der Waals surface area (Å²) < 4.78 is 39.9. The molecule has 1 heterocycles. The van der Waals surface area contributed by atoms with Gasteiger partial charge in [0.1, 0.15) is 17.2 Å². The lowest BCUT2D eigenvalue weighted by Gasteiger charge is -2.33. The van der Waals surface area contributed by atoms with Crippen LogP contribution in [0.4, 0.5) is 13.6 Å². The van der Waals surface area contributed by atoms with Gasteiger partial charge in [0.05, 0.1) is 24.9 Å². The molecule has 178 valence electrons. The molecule has 0 bridgehead atoms. The summed E-state index contributed by atoms with van der Waals surface area (Å²) in [6, 6.07) is 2.56. The van der Waals surface area contributed by atoms with Gasteiger partial charge in [-0.15, -0.1) is 0 Å². The van der Waals surface area contributed by atoms with Crippen LogP contribution in [0.3, 0.4) is 0 Å². The molecule has 5 nitrogen and oxygen atoms in total. The zero-order valence-corrected chi connectivity index (χ0v) is 19.3. The molecule has 3 atom stereocenters. The molecule has 3 unspecified atom stereocenters. The SMILES string of the molecule is CC(C)(C)OC(=O)N1CCC(C2CC2COCc2cc(F)c(C(O)C3CC3)c(F)c2)CC1. The highest BCUT2D eigenvalue weighted by Crippen LogP contribution is 2.48. The molecule has 1 aromatic carbocycles. The van der Waals surface area contributed by atoms with E-state index in [9.17, 15) is 18.7 Å². The van der Waals surface area contributed by atoms with Crippen LogP contribution in [-0.4, -0.2) is 41.4 Å². The van der Waals surface area contributed by atoms with Gasteiger partial charge in [0.25, 0.3) is 0 Å². The van der Waals surface area contributed by atoms with Crippen LogP contribution < -0.4 is 0 Å². The summed E-state index contributed by atoms with van der Waals surface area (Å²) in [6.45, 7) is 7.81. The fraction of sp³-hybridized carbons (Fsp3) is 0.720. The van der Waals surface area contributed by atoms with Crippen molar-refractivity contribution in [2.75, 3.05) is 19.7 Å². The average molecular weight is 452 g/mol. The molecule has 4 rings (SSSR count). The Kier molecular flexibility index (Phi) is 6.78. The molecule has 2 saturated carbocycles. The zero-order chi connectivity index (χ0) is 23.0. The first-order chi connectivity index (χ1) is 15.1. The lowest BCUT2D eigenvalue weighted by molar-refractivity contribution is 0.0170. The van der Waals surface area contributed by atoms with Gasteiger partial charge in [-0.05, 0) is 94.2 Å². The van der Waals surface area contributed by atoms with Crippen LogP contribution in [0.2, 0.25) is 0 Å². The number of carbonyl (C=O) groups excluding carboxylic acids is 1. The number of nitrogens with zero attached hydrogens (tertiary/aromatic N) is 1. The third-order valence-corrected chi connectivity index (χ3v) is 6.88. The summed E-state index contributed by atoms with van der Waals surface area (Å²) in [7, 11) is 0. The fourth-order valence-electron chi connectivity index (χ4n) is 4.86. The Bertz CT molecular complexity index is 805. The molecule has 2 aliphatic carbocycles. The monoisotopic (exact) mass is 451 g/mol. The molecule has 0 radical (unpaired) electrons. The Hall–Kier alpha value is -1.73. The van der Waals surface area contributed by atoms with E-state index in [1.807, 2.05) is 20.8 Å². The molecule has 32 heavy (non-hydrogen) atoms. The third kappa shape index (κ3) is 5.79. The van der Waals surface area contributed by atoms with Crippen molar-refractivity contribution in [3.8, 4) is 0 Å². The van der Waals surface area contributed by atoms with Crippen LogP contribution >= 0.6 is 0 Å². The van der Waals surface area contributed by atoms with Crippen molar-refractivity contribution >= 4 is 6.09 Å². The molecule has 3 aliphatic rings. The lowest BCUT2D eigenvalue weighted by Crippen LogP contribution is -2.42. The van der Waals surface area contributed by atoms with Gasteiger partial charge >= 0.3 is 6.09 Å². The van der Waals surface area contributed by atoms with Gasteiger partial charge in [0.15, 0.2) is 0 Å². The number of hydrogen-bond acceptors (Lipinski definition) is 4. The number of hydrogen-bond donors (Lipinski definition) is 1. The number of rotatable bonds is 7. The number of piperidine rings is 1. The van der Waals surface area contributed by atoms with E-state index in [0.29, 0.717) is 29.9 Å². The number of carbonyl (C=O) groups is 1. The van der Waals surface area contributed by atoms with E-state index in [1.54, 1.807) is 4.90 Å².